The van der Waals surface area contributed by atoms with Crippen LogP contribution >= 0.6 is 0 Å². The predicted molar refractivity (Wildman–Crippen MR) is 64.8 cm³/mol. The fraction of sp³-hybridized carbons (Fsp3) is 0.750. The highest BCUT2D eigenvalue weighted by Gasteiger charge is 2.14. The molecule has 1 aromatic rings. The molecule has 0 radical (unpaired) electrons. The van der Waals surface area contributed by atoms with Crippen LogP contribution < -0.4 is 5.73 Å². The van der Waals surface area contributed by atoms with E-state index in [1.807, 2.05) is 11.7 Å². The average molecular weight is 209 g/mol. The van der Waals surface area contributed by atoms with E-state index in [1.54, 1.807) is 0 Å². The molecule has 2 N–H and O–H groups in total. The predicted octanol–water partition coefficient (Wildman–Crippen LogP) is 2.54. The fourth-order valence-electron chi connectivity index (χ4n) is 1.81. The Bertz CT molecular complexity index is 313. The summed E-state index contributed by atoms with van der Waals surface area (Å²) in [6.45, 7) is 6.64. The molecule has 0 bridgehead atoms. The van der Waals surface area contributed by atoms with Crippen molar-refractivity contribution >= 4 is 5.82 Å². The summed E-state index contributed by atoms with van der Waals surface area (Å²) in [4.78, 5) is 0. The Morgan fingerprint density at radius 3 is 2.60 bits per heavy atom. The van der Waals surface area contributed by atoms with Crippen LogP contribution in [0.2, 0.25) is 0 Å². The van der Waals surface area contributed by atoms with Crippen LogP contribution in [0.5, 0.6) is 0 Å². The standard InChI is InChI=1S/C12H23N3/c1-5-6-7-11-10(8-9(2)3)12(13)15(4)14-11/h9H,5-8,13H2,1-4H3. The van der Waals surface area contributed by atoms with Crippen LogP contribution in [0.1, 0.15) is 44.9 Å². The Balaban J connectivity index is 2.88. The van der Waals surface area contributed by atoms with Crippen LogP contribution in [-0.4, -0.2) is 9.78 Å². The molecule has 0 aliphatic carbocycles. The molecule has 1 heterocycles. The summed E-state index contributed by atoms with van der Waals surface area (Å²) in [5.74, 6) is 1.48. The van der Waals surface area contributed by atoms with Crippen molar-refractivity contribution in [2.24, 2.45) is 13.0 Å². The van der Waals surface area contributed by atoms with Crippen LogP contribution in [0.15, 0.2) is 0 Å². The molecule has 0 aliphatic heterocycles. The lowest BCUT2D eigenvalue weighted by Crippen LogP contribution is -2.02. The summed E-state index contributed by atoms with van der Waals surface area (Å²) in [7, 11) is 1.93. The molecule has 0 aromatic carbocycles. The van der Waals surface area contributed by atoms with Gasteiger partial charge in [0.1, 0.15) is 5.82 Å². The molecule has 0 saturated carbocycles. The molecule has 0 saturated heterocycles. The van der Waals surface area contributed by atoms with Gasteiger partial charge in [-0.1, -0.05) is 27.2 Å². The van der Waals surface area contributed by atoms with E-state index in [9.17, 15) is 0 Å². The highest BCUT2D eigenvalue weighted by Crippen LogP contribution is 2.21. The molecule has 1 aromatic heterocycles. The Kier molecular flexibility index (Phi) is 4.18. The zero-order chi connectivity index (χ0) is 11.4. The van der Waals surface area contributed by atoms with Crippen molar-refractivity contribution in [3.8, 4) is 0 Å². The van der Waals surface area contributed by atoms with Gasteiger partial charge in [-0.3, -0.25) is 4.68 Å². The van der Waals surface area contributed by atoms with Gasteiger partial charge in [-0.25, -0.2) is 0 Å². The van der Waals surface area contributed by atoms with E-state index in [0.717, 1.165) is 18.7 Å². The minimum absolute atomic E-state index is 0.636. The largest absolute Gasteiger partial charge is 0.384 e. The molecule has 86 valence electrons. The van der Waals surface area contributed by atoms with Gasteiger partial charge in [0, 0.05) is 12.6 Å². The van der Waals surface area contributed by atoms with Crippen LogP contribution in [0.3, 0.4) is 0 Å². The lowest BCUT2D eigenvalue weighted by Gasteiger charge is -2.06. The Labute approximate surface area is 92.7 Å². The first-order valence-corrected chi connectivity index (χ1v) is 5.86. The normalized spacial score (nSPS) is 11.3. The van der Waals surface area contributed by atoms with Crippen molar-refractivity contribution in [1.29, 1.82) is 0 Å². The average Bonchev–Trinajstić information content (AvgIpc) is 2.42. The Hall–Kier alpha value is -0.990. The first-order chi connectivity index (χ1) is 7.06. The molecule has 0 atom stereocenters. The zero-order valence-electron chi connectivity index (χ0n) is 10.4. The van der Waals surface area contributed by atoms with E-state index in [4.69, 9.17) is 5.73 Å². The number of nitrogens with zero attached hydrogens (tertiary/aromatic N) is 2. The minimum atomic E-state index is 0.636. The third-order valence-corrected chi connectivity index (χ3v) is 2.66. The second-order valence-corrected chi connectivity index (χ2v) is 4.64. The van der Waals surface area contributed by atoms with Crippen LogP contribution in [0.4, 0.5) is 5.82 Å². The number of hydrogen-bond donors (Lipinski definition) is 1. The SMILES string of the molecule is CCCCc1nn(C)c(N)c1CC(C)C. The maximum Gasteiger partial charge on any atom is 0.124 e. The smallest absolute Gasteiger partial charge is 0.124 e. The molecule has 1 rings (SSSR count). The quantitative estimate of drug-likeness (QED) is 0.810. The molecule has 3 heteroatoms. The van der Waals surface area contributed by atoms with Crippen molar-refractivity contribution < 1.29 is 0 Å². The highest BCUT2D eigenvalue weighted by molar-refractivity contribution is 5.43. The number of hydrogen-bond acceptors (Lipinski definition) is 2. The van der Waals surface area contributed by atoms with E-state index >= 15 is 0 Å². The van der Waals surface area contributed by atoms with Crippen molar-refractivity contribution in [2.75, 3.05) is 5.73 Å². The molecule has 0 spiro atoms. The number of nitrogens with two attached hydrogens (primary N) is 1. The summed E-state index contributed by atoms with van der Waals surface area (Å²) in [5.41, 5.74) is 8.49. The highest BCUT2D eigenvalue weighted by atomic mass is 15.3. The van der Waals surface area contributed by atoms with E-state index < -0.39 is 0 Å². The number of unbranched alkanes of at least 4 members (excludes halogenated alkanes) is 1. The van der Waals surface area contributed by atoms with Gasteiger partial charge >= 0.3 is 0 Å². The van der Waals surface area contributed by atoms with E-state index in [1.165, 1.54) is 24.1 Å². The lowest BCUT2D eigenvalue weighted by molar-refractivity contribution is 0.640. The number of anilines is 1. The third kappa shape index (κ3) is 2.98. The number of aryl methyl sites for hydroxylation is 2. The van der Waals surface area contributed by atoms with E-state index in [0.29, 0.717) is 5.92 Å². The molecule has 15 heavy (non-hydrogen) atoms. The molecular weight excluding hydrogens is 186 g/mol. The molecular formula is C12H23N3. The zero-order valence-corrected chi connectivity index (χ0v) is 10.4. The van der Waals surface area contributed by atoms with E-state index in [2.05, 4.69) is 25.9 Å². The van der Waals surface area contributed by atoms with Crippen LogP contribution in [0, 0.1) is 5.92 Å². The van der Waals surface area contributed by atoms with Gasteiger partial charge in [-0.2, -0.15) is 5.10 Å². The maximum absolute atomic E-state index is 6.02. The van der Waals surface area contributed by atoms with Gasteiger partial charge in [0.25, 0.3) is 0 Å². The Morgan fingerprint density at radius 2 is 2.07 bits per heavy atom. The van der Waals surface area contributed by atoms with Gasteiger partial charge in [-0.05, 0) is 25.2 Å². The van der Waals surface area contributed by atoms with Crippen LogP contribution in [-0.2, 0) is 19.9 Å². The lowest BCUT2D eigenvalue weighted by atomic mass is 10.0. The van der Waals surface area contributed by atoms with Gasteiger partial charge in [-0.15, -0.1) is 0 Å². The Morgan fingerprint density at radius 1 is 1.40 bits per heavy atom. The fourth-order valence-corrected chi connectivity index (χ4v) is 1.81. The summed E-state index contributed by atoms with van der Waals surface area (Å²) >= 11 is 0. The van der Waals surface area contributed by atoms with E-state index in [-0.39, 0.29) is 0 Å². The van der Waals surface area contributed by atoms with Crippen LogP contribution in [0.25, 0.3) is 0 Å². The third-order valence-electron chi connectivity index (χ3n) is 2.66. The summed E-state index contributed by atoms with van der Waals surface area (Å²) in [5, 5.41) is 4.49. The first-order valence-electron chi connectivity index (χ1n) is 5.86. The number of rotatable bonds is 5. The minimum Gasteiger partial charge on any atom is -0.384 e. The number of nitrogen functional groups attached to an aromatic ring is 1. The van der Waals surface area contributed by atoms with Gasteiger partial charge in [0.15, 0.2) is 0 Å². The van der Waals surface area contributed by atoms with Gasteiger partial charge in [0.2, 0.25) is 0 Å². The first kappa shape index (κ1) is 12.1. The molecule has 0 unspecified atom stereocenters. The van der Waals surface area contributed by atoms with Crippen molar-refractivity contribution in [3.05, 3.63) is 11.3 Å². The monoisotopic (exact) mass is 209 g/mol. The summed E-state index contributed by atoms with van der Waals surface area (Å²) in [6, 6.07) is 0. The number of aromatic nitrogens is 2. The molecule has 0 amide bonds. The van der Waals surface area contributed by atoms with Crippen molar-refractivity contribution in [2.45, 2.75) is 46.5 Å². The van der Waals surface area contributed by atoms with Crippen molar-refractivity contribution in [1.82, 2.24) is 9.78 Å². The molecule has 0 fully saturated rings. The second-order valence-electron chi connectivity index (χ2n) is 4.64. The van der Waals surface area contributed by atoms with Crippen molar-refractivity contribution in [3.63, 3.8) is 0 Å². The maximum atomic E-state index is 6.02. The van der Waals surface area contributed by atoms with Gasteiger partial charge in [0.05, 0.1) is 5.69 Å². The summed E-state index contributed by atoms with van der Waals surface area (Å²) in [6.07, 6.45) is 4.50. The van der Waals surface area contributed by atoms with Gasteiger partial charge < -0.3 is 5.73 Å². The second kappa shape index (κ2) is 5.19. The topological polar surface area (TPSA) is 43.8 Å². The molecule has 0 aliphatic rings. The summed E-state index contributed by atoms with van der Waals surface area (Å²) < 4.78 is 1.81. The molecule has 3 nitrogen and oxygen atoms in total.